The molecule has 1 nitrogen and oxygen atoms in total. The molecule has 0 fully saturated rings. The van der Waals surface area contributed by atoms with E-state index in [4.69, 9.17) is 0 Å². The molecule has 3 aliphatic rings. The van der Waals surface area contributed by atoms with Crippen LogP contribution in [0.4, 0.5) is 11.4 Å². The summed E-state index contributed by atoms with van der Waals surface area (Å²) >= 11 is 0. The molecule has 4 aromatic rings. The van der Waals surface area contributed by atoms with Crippen molar-refractivity contribution in [3.63, 3.8) is 0 Å². The first-order valence-corrected chi connectivity index (χ1v) is 13.7. The summed E-state index contributed by atoms with van der Waals surface area (Å²) in [5.41, 5.74) is 16.0. The van der Waals surface area contributed by atoms with Crippen molar-refractivity contribution in [1.29, 1.82) is 0 Å². The first-order chi connectivity index (χ1) is 18.4. The van der Waals surface area contributed by atoms with Crippen molar-refractivity contribution in [2.24, 2.45) is 0 Å². The molecule has 0 aromatic heterocycles. The molecule has 4 aromatic carbocycles. The smallest absolute Gasteiger partial charge is 0.0387 e. The third-order valence-electron chi connectivity index (χ3n) is 8.90. The normalized spacial score (nSPS) is 17.5. The van der Waals surface area contributed by atoms with E-state index in [0.717, 1.165) is 17.8 Å². The summed E-state index contributed by atoms with van der Waals surface area (Å²) in [7, 11) is 0. The molecule has 0 saturated heterocycles. The second kappa shape index (κ2) is 8.20. The Morgan fingerprint density at radius 3 is 2.21 bits per heavy atom. The second-order valence-corrected chi connectivity index (χ2v) is 11.8. The van der Waals surface area contributed by atoms with Gasteiger partial charge in [0.25, 0.3) is 0 Å². The fourth-order valence-corrected chi connectivity index (χ4v) is 6.87. The molecule has 3 aliphatic carbocycles. The average molecular weight is 492 g/mol. The van der Waals surface area contributed by atoms with Crippen molar-refractivity contribution in [2.45, 2.75) is 44.9 Å². The highest BCUT2D eigenvalue weighted by Crippen LogP contribution is 2.53. The maximum Gasteiger partial charge on any atom is 0.0387 e. The maximum absolute atomic E-state index is 3.67. The van der Waals surface area contributed by atoms with Gasteiger partial charge in [0.05, 0.1) is 0 Å². The molecule has 0 aliphatic heterocycles. The predicted molar refractivity (Wildman–Crippen MR) is 162 cm³/mol. The maximum atomic E-state index is 3.67. The Kier molecular flexibility index (Phi) is 4.97. The number of rotatable bonds is 3. The number of benzene rings is 4. The van der Waals surface area contributed by atoms with E-state index in [2.05, 4.69) is 142 Å². The summed E-state index contributed by atoms with van der Waals surface area (Å²) in [6.07, 6.45) is 10.1. The Bertz CT molecular complexity index is 1690. The third-order valence-corrected chi connectivity index (χ3v) is 8.90. The van der Waals surface area contributed by atoms with Gasteiger partial charge in [0.2, 0.25) is 0 Å². The summed E-state index contributed by atoms with van der Waals surface area (Å²) in [5.74, 6) is 0. The lowest BCUT2D eigenvalue weighted by Gasteiger charge is -2.22. The molecule has 1 N–H and O–H groups in total. The number of nitrogens with one attached hydrogen (secondary N) is 1. The minimum Gasteiger partial charge on any atom is -0.356 e. The lowest BCUT2D eigenvalue weighted by Crippen LogP contribution is -2.15. The fraction of sp³-hybridized carbons (Fsp3) is 0.189. The molecule has 0 spiro atoms. The van der Waals surface area contributed by atoms with Crippen molar-refractivity contribution in [1.82, 2.24) is 0 Å². The first kappa shape index (κ1) is 23.0. The van der Waals surface area contributed by atoms with Gasteiger partial charge < -0.3 is 5.32 Å². The highest BCUT2D eigenvalue weighted by atomic mass is 14.9. The van der Waals surface area contributed by atoms with Crippen LogP contribution in [0.3, 0.4) is 0 Å². The lowest BCUT2D eigenvalue weighted by molar-refractivity contribution is 0.659. The van der Waals surface area contributed by atoms with Crippen LogP contribution in [0, 0.1) is 0 Å². The van der Waals surface area contributed by atoms with Crippen molar-refractivity contribution < 1.29 is 0 Å². The molecule has 0 amide bonds. The molecule has 0 saturated carbocycles. The molecule has 0 heterocycles. The average Bonchev–Trinajstić information content (AvgIpc) is 3.14. The van der Waals surface area contributed by atoms with Gasteiger partial charge in [0.15, 0.2) is 0 Å². The zero-order valence-electron chi connectivity index (χ0n) is 22.6. The van der Waals surface area contributed by atoms with Crippen LogP contribution in [0.1, 0.15) is 56.4 Å². The van der Waals surface area contributed by atoms with Gasteiger partial charge >= 0.3 is 0 Å². The molecule has 1 heteroatoms. The van der Waals surface area contributed by atoms with Crippen LogP contribution >= 0.6 is 0 Å². The van der Waals surface area contributed by atoms with Crippen LogP contribution < -0.4 is 5.32 Å². The second-order valence-electron chi connectivity index (χ2n) is 11.8. The quantitative estimate of drug-likeness (QED) is 0.301. The first-order valence-electron chi connectivity index (χ1n) is 13.7. The van der Waals surface area contributed by atoms with Crippen LogP contribution in [0.5, 0.6) is 0 Å². The van der Waals surface area contributed by atoms with Gasteiger partial charge in [-0.15, -0.1) is 0 Å². The van der Waals surface area contributed by atoms with Gasteiger partial charge in [-0.1, -0.05) is 113 Å². The molecule has 186 valence electrons. The Hall–Kier alpha value is -4.10. The Balaban J connectivity index is 1.21. The molecule has 0 radical (unpaired) electrons. The highest BCUT2D eigenvalue weighted by molar-refractivity contribution is 5.93. The van der Waals surface area contributed by atoms with Crippen molar-refractivity contribution in [3.05, 3.63) is 137 Å². The van der Waals surface area contributed by atoms with Crippen LogP contribution in [0.2, 0.25) is 0 Å². The lowest BCUT2D eigenvalue weighted by atomic mass is 9.82. The van der Waals surface area contributed by atoms with Gasteiger partial charge in [-0.2, -0.15) is 0 Å². The zero-order chi connectivity index (χ0) is 26.1. The summed E-state index contributed by atoms with van der Waals surface area (Å²) < 4.78 is 0. The van der Waals surface area contributed by atoms with E-state index >= 15 is 0 Å². The number of allylic oxidation sites excluding steroid dienone is 6. The van der Waals surface area contributed by atoms with E-state index in [-0.39, 0.29) is 10.8 Å². The SMILES string of the molecule is CC1(C)C2=CCC=CC=C2c2ccc(Nc3ccc(-c4cccc5c4-c4ccccc4C5(C)C)cc3)cc21. The molecule has 7 rings (SSSR count). The minimum atomic E-state index is 0.00644. The molecule has 38 heavy (non-hydrogen) atoms. The van der Waals surface area contributed by atoms with Gasteiger partial charge in [-0.25, -0.2) is 0 Å². The number of fused-ring (bicyclic) bond motifs is 6. The van der Waals surface area contributed by atoms with E-state index < -0.39 is 0 Å². The van der Waals surface area contributed by atoms with E-state index in [1.807, 2.05) is 0 Å². The van der Waals surface area contributed by atoms with Crippen LogP contribution in [0.15, 0.2) is 115 Å². The molecule has 0 unspecified atom stereocenters. The molecule has 0 bridgehead atoms. The number of hydrogen-bond acceptors (Lipinski definition) is 1. The van der Waals surface area contributed by atoms with Gasteiger partial charge in [0, 0.05) is 22.2 Å². The largest absolute Gasteiger partial charge is 0.356 e. The van der Waals surface area contributed by atoms with E-state index in [1.54, 1.807) is 0 Å². The molecule has 0 atom stereocenters. The van der Waals surface area contributed by atoms with E-state index in [1.165, 1.54) is 55.7 Å². The number of hydrogen-bond donors (Lipinski definition) is 1. The summed E-state index contributed by atoms with van der Waals surface area (Å²) in [6, 6.07) is 31.4. The standard InChI is InChI=1S/C37H33N/c1-36(2)32-15-9-8-12-30(32)35-27(13-10-16-33(35)36)24-17-19-25(20-18-24)38-26-21-22-29-28-11-6-5-7-14-31(28)37(3,4)34(29)23-26/h5-6,8-23,38H,7H2,1-4H3. The zero-order valence-corrected chi connectivity index (χ0v) is 22.6. The number of anilines is 2. The van der Waals surface area contributed by atoms with Crippen LogP contribution in [0.25, 0.3) is 27.8 Å². The van der Waals surface area contributed by atoms with E-state index in [0.29, 0.717) is 0 Å². The fourth-order valence-electron chi connectivity index (χ4n) is 6.87. The summed E-state index contributed by atoms with van der Waals surface area (Å²) in [5, 5.41) is 3.67. The summed E-state index contributed by atoms with van der Waals surface area (Å²) in [4.78, 5) is 0. The van der Waals surface area contributed by atoms with Gasteiger partial charge in [-0.05, 0) is 86.3 Å². The Labute approximate surface area is 226 Å². The Morgan fingerprint density at radius 2 is 1.37 bits per heavy atom. The minimum absolute atomic E-state index is 0.00644. The third kappa shape index (κ3) is 3.31. The predicted octanol–water partition coefficient (Wildman–Crippen LogP) is 9.96. The van der Waals surface area contributed by atoms with Crippen LogP contribution in [-0.4, -0.2) is 0 Å². The van der Waals surface area contributed by atoms with E-state index in [9.17, 15) is 0 Å². The summed E-state index contributed by atoms with van der Waals surface area (Å²) in [6.45, 7) is 9.37. The molecular formula is C37H33N. The monoisotopic (exact) mass is 491 g/mol. The van der Waals surface area contributed by atoms with Crippen molar-refractivity contribution in [3.8, 4) is 22.3 Å². The molecular weight excluding hydrogens is 458 g/mol. The van der Waals surface area contributed by atoms with Gasteiger partial charge in [0.1, 0.15) is 0 Å². The van der Waals surface area contributed by atoms with Gasteiger partial charge in [-0.3, -0.25) is 0 Å². The van der Waals surface area contributed by atoms with Crippen molar-refractivity contribution >= 4 is 16.9 Å². The Morgan fingerprint density at radius 1 is 0.632 bits per heavy atom. The topological polar surface area (TPSA) is 12.0 Å². The van der Waals surface area contributed by atoms with Crippen LogP contribution in [-0.2, 0) is 10.8 Å². The highest BCUT2D eigenvalue weighted by Gasteiger charge is 2.38. The van der Waals surface area contributed by atoms with Crippen molar-refractivity contribution in [2.75, 3.05) is 5.32 Å².